The molecule has 1 aliphatic carbocycles. The number of carboxylic acids is 1. The number of aliphatic hydroxyl groups is 1. The van der Waals surface area contributed by atoms with Gasteiger partial charge in [-0.1, -0.05) is 33.6 Å². The Kier molecular flexibility index (Phi) is 5.43. The van der Waals surface area contributed by atoms with E-state index in [0.717, 1.165) is 25.7 Å². The molecule has 1 rings (SSSR count). The van der Waals surface area contributed by atoms with Crippen LogP contribution in [0.25, 0.3) is 0 Å². The van der Waals surface area contributed by atoms with Gasteiger partial charge < -0.3 is 10.2 Å². The lowest BCUT2D eigenvalue weighted by atomic mass is 9.63. The maximum absolute atomic E-state index is 11.7. The summed E-state index contributed by atoms with van der Waals surface area (Å²) in [5.74, 6) is 0.0435. The first-order chi connectivity index (χ1) is 8.73. The zero-order valence-corrected chi connectivity index (χ0v) is 12.9. The van der Waals surface area contributed by atoms with E-state index in [1.165, 1.54) is 12.8 Å². The van der Waals surface area contributed by atoms with Crippen LogP contribution in [0.1, 0.15) is 72.6 Å². The topological polar surface area (TPSA) is 57.5 Å². The molecule has 1 saturated carbocycles. The number of rotatable bonds is 6. The van der Waals surface area contributed by atoms with Crippen molar-refractivity contribution in [2.75, 3.05) is 0 Å². The van der Waals surface area contributed by atoms with E-state index in [0.29, 0.717) is 12.3 Å². The van der Waals surface area contributed by atoms with Gasteiger partial charge in [0.1, 0.15) is 0 Å². The SMILES string of the molecule is CCCC1CCC(CC(C)(O)C(C)C)(C(=O)O)CC1. The first-order valence-electron chi connectivity index (χ1n) is 7.69. The monoisotopic (exact) mass is 270 g/mol. The highest BCUT2D eigenvalue weighted by atomic mass is 16.4. The van der Waals surface area contributed by atoms with Gasteiger partial charge in [-0.25, -0.2) is 0 Å². The highest BCUT2D eigenvalue weighted by molar-refractivity contribution is 5.74. The molecule has 112 valence electrons. The second kappa shape index (κ2) is 6.25. The lowest BCUT2D eigenvalue weighted by molar-refractivity contribution is -0.158. The molecule has 0 heterocycles. The molecule has 0 aliphatic heterocycles. The Labute approximate surface area is 117 Å². The van der Waals surface area contributed by atoms with Crippen LogP contribution >= 0.6 is 0 Å². The fraction of sp³-hybridized carbons (Fsp3) is 0.938. The summed E-state index contributed by atoms with van der Waals surface area (Å²) < 4.78 is 0. The molecule has 0 aromatic heterocycles. The minimum absolute atomic E-state index is 0.0806. The first-order valence-corrected chi connectivity index (χ1v) is 7.69. The van der Waals surface area contributed by atoms with E-state index < -0.39 is 17.0 Å². The normalized spacial score (nSPS) is 31.2. The second-order valence-corrected chi connectivity index (χ2v) is 7.01. The predicted octanol–water partition coefficient (Wildman–Crippen LogP) is 3.84. The zero-order chi connectivity index (χ0) is 14.7. The van der Waals surface area contributed by atoms with Crippen molar-refractivity contribution in [1.82, 2.24) is 0 Å². The summed E-state index contributed by atoms with van der Waals surface area (Å²) >= 11 is 0. The fourth-order valence-corrected chi connectivity index (χ4v) is 3.28. The molecule has 1 fully saturated rings. The van der Waals surface area contributed by atoms with E-state index in [-0.39, 0.29) is 5.92 Å². The molecule has 3 heteroatoms. The van der Waals surface area contributed by atoms with Crippen LogP contribution < -0.4 is 0 Å². The summed E-state index contributed by atoms with van der Waals surface area (Å²) in [6.07, 6.45) is 6.19. The van der Waals surface area contributed by atoms with E-state index in [4.69, 9.17) is 0 Å². The van der Waals surface area contributed by atoms with Crippen molar-refractivity contribution < 1.29 is 15.0 Å². The quantitative estimate of drug-likeness (QED) is 0.771. The van der Waals surface area contributed by atoms with Crippen LogP contribution in [-0.2, 0) is 4.79 Å². The summed E-state index contributed by atoms with van der Waals surface area (Å²) in [6.45, 7) is 7.87. The molecule has 0 aromatic carbocycles. The van der Waals surface area contributed by atoms with Gasteiger partial charge in [-0.2, -0.15) is 0 Å². The second-order valence-electron chi connectivity index (χ2n) is 7.01. The predicted molar refractivity (Wildman–Crippen MR) is 77.0 cm³/mol. The molecule has 0 radical (unpaired) electrons. The van der Waals surface area contributed by atoms with Gasteiger partial charge >= 0.3 is 5.97 Å². The van der Waals surface area contributed by atoms with E-state index in [9.17, 15) is 15.0 Å². The molecule has 3 nitrogen and oxygen atoms in total. The van der Waals surface area contributed by atoms with Crippen molar-refractivity contribution >= 4 is 5.97 Å². The lowest BCUT2D eigenvalue weighted by Gasteiger charge is -2.42. The van der Waals surface area contributed by atoms with E-state index in [1.807, 2.05) is 13.8 Å². The lowest BCUT2D eigenvalue weighted by Crippen LogP contribution is -2.44. The first kappa shape index (κ1) is 16.5. The number of hydrogen-bond acceptors (Lipinski definition) is 2. The molecule has 1 atom stereocenters. The standard InChI is InChI=1S/C16H30O3/c1-5-6-13-7-9-16(10-8-13,14(17)18)11-15(4,19)12(2)3/h12-13,19H,5-11H2,1-4H3,(H,17,18). The highest BCUT2D eigenvalue weighted by Gasteiger charge is 2.46. The van der Waals surface area contributed by atoms with E-state index in [1.54, 1.807) is 6.92 Å². The Morgan fingerprint density at radius 3 is 2.26 bits per heavy atom. The molecular formula is C16H30O3. The molecular weight excluding hydrogens is 240 g/mol. The van der Waals surface area contributed by atoms with Crippen LogP contribution in [-0.4, -0.2) is 21.8 Å². The summed E-state index contributed by atoms with van der Waals surface area (Å²) in [5, 5.41) is 20.1. The van der Waals surface area contributed by atoms with Crippen molar-refractivity contribution in [1.29, 1.82) is 0 Å². The Hall–Kier alpha value is -0.570. The number of carboxylic acid groups (broad SMARTS) is 1. The van der Waals surface area contributed by atoms with Crippen LogP contribution in [0.4, 0.5) is 0 Å². The maximum atomic E-state index is 11.7. The van der Waals surface area contributed by atoms with Crippen LogP contribution in [0.5, 0.6) is 0 Å². The molecule has 0 spiro atoms. The molecule has 0 amide bonds. The van der Waals surface area contributed by atoms with Crippen LogP contribution in [0.2, 0.25) is 0 Å². The third-order valence-electron chi connectivity index (χ3n) is 5.15. The summed E-state index contributed by atoms with van der Waals surface area (Å²) in [4.78, 5) is 11.7. The van der Waals surface area contributed by atoms with E-state index in [2.05, 4.69) is 6.92 Å². The van der Waals surface area contributed by atoms with Gasteiger partial charge in [0.05, 0.1) is 11.0 Å². The van der Waals surface area contributed by atoms with Gasteiger partial charge in [0.25, 0.3) is 0 Å². The zero-order valence-electron chi connectivity index (χ0n) is 12.9. The summed E-state index contributed by atoms with van der Waals surface area (Å²) in [7, 11) is 0. The third-order valence-corrected chi connectivity index (χ3v) is 5.15. The number of hydrogen-bond donors (Lipinski definition) is 2. The third kappa shape index (κ3) is 3.95. The van der Waals surface area contributed by atoms with Gasteiger partial charge in [0, 0.05) is 0 Å². The molecule has 1 aliphatic rings. The molecule has 0 aromatic rings. The van der Waals surface area contributed by atoms with Crippen molar-refractivity contribution in [2.45, 2.75) is 78.2 Å². The van der Waals surface area contributed by atoms with Crippen molar-refractivity contribution in [3.63, 3.8) is 0 Å². The van der Waals surface area contributed by atoms with Gasteiger partial charge in [0.15, 0.2) is 0 Å². The van der Waals surface area contributed by atoms with Crippen LogP contribution in [0, 0.1) is 17.3 Å². The van der Waals surface area contributed by atoms with E-state index >= 15 is 0 Å². The molecule has 1 unspecified atom stereocenters. The Bertz CT molecular complexity index is 299. The van der Waals surface area contributed by atoms with Gasteiger partial charge in [0.2, 0.25) is 0 Å². The highest BCUT2D eigenvalue weighted by Crippen LogP contribution is 2.46. The molecule has 0 bridgehead atoms. The summed E-state index contributed by atoms with van der Waals surface area (Å²) in [5.41, 5.74) is -1.60. The minimum Gasteiger partial charge on any atom is -0.481 e. The number of aliphatic carboxylic acids is 1. The maximum Gasteiger partial charge on any atom is 0.309 e. The van der Waals surface area contributed by atoms with Crippen molar-refractivity contribution in [3.05, 3.63) is 0 Å². The molecule has 19 heavy (non-hydrogen) atoms. The smallest absolute Gasteiger partial charge is 0.309 e. The average Bonchev–Trinajstić information content (AvgIpc) is 2.31. The Morgan fingerprint density at radius 2 is 1.89 bits per heavy atom. The van der Waals surface area contributed by atoms with Crippen molar-refractivity contribution in [3.8, 4) is 0 Å². The van der Waals surface area contributed by atoms with Gasteiger partial charge in [-0.3, -0.25) is 4.79 Å². The fourth-order valence-electron chi connectivity index (χ4n) is 3.28. The van der Waals surface area contributed by atoms with Gasteiger partial charge in [-0.05, 0) is 50.9 Å². The molecule has 2 N–H and O–H groups in total. The van der Waals surface area contributed by atoms with Crippen LogP contribution in [0.15, 0.2) is 0 Å². The Balaban J connectivity index is 2.76. The summed E-state index contributed by atoms with van der Waals surface area (Å²) in [6, 6.07) is 0. The van der Waals surface area contributed by atoms with Gasteiger partial charge in [-0.15, -0.1) is 0 Å². The molecule has 0 saturated heterocycles. The minimum atomic E-state index is -0.893. The Morgan fingerprint density at radius 1 is 1.37 bits per heavy atom. The number of carbonyl (C=O) groups is 1. The largest absolute Gasteiger partial charge is 0.481 e. The van der Waals surface area contributed by atoms with Crippen LogP contribution in [0.3, 0.4) is 0 Å². The van der Waals surface area contributed by atoms with Crippen molar-refractivity contribution in [2.24, 2.45) is 17.3 Å². The average molecular weight is 270 g/mol.